The zero-order valence-corrected chi connectivity index (χ0v) is 20.1. The van der Waals surface area contributed by atoms with Gasteiger partial charge >= 0.3 is 0 Å². The Hall–Kier alpha value is -0.380. The van der Waals surface area contributed by atoms with Gasteiger partial charge in [0, 0.05) is 4.75 Å². The van der Waals surface area contributed by atoms with Gasteiger partial charge in [0.25, 0.3) is 0 Å². The third-order valence-electron chi connectivity index (χ3n) is 5.98. The fraction of sp³-hybridized carbons (Fsp3) is 0.955. The molecule has 2 aliphatic heterocycles. The summed E-state index contributed by atoms with van der Waals surface area (Å²) in [7, 11) is 0. The van der Waals surface area contributed by atoms with Crippen LogP contribution in [0.1, 0.15) is 67.2 Å². The highest BCUT2D eigenvalue weighted by Gasteiger charge is 2.49. The van der Waals surface area contributed by atoms with Crippen LogP contribution in [0.15, 0.2) is 0 Å². The standard InChI is InChI=1S/C22H42N2O5S/c1-7-8-13-9-10-23-14(11-13)20(28)24-15(12(2)3)19-17(26)16(25)18(27)21(29-19)30-22(4,5)6/h12-19,21,23,25-27H,7-11H2,1-6H3,(H,24,28). The molecule has 0 aromatic heterocycles. The van der Waals surface area contributed by atoms with Gasteiger partial charge in [0.15, 0.2) is 0 Å². The average Bonchev–Trinajstić information content (AvgIpc) is 2.66. The van der Waals surface area contributed by atoms with Crippen LogP contribution in [0.5, 0.6) is 0 Å². The van der Waals surface area contributed by atoms with Gasteiger partial charge in [-0.25, -0.2) is 0 Å². The first-order valence-corrected chi connectivity index (χ1v) is 12.2. The summed E-state index contributed by atoms with van der Waals surface area (Å²) >= 11 is 1.41. The van der Waals surface area contributed by atoms with Gasteiger partial charge in [0.1, 0.15) is 29.9 Å². The van der Waals surface area contributed by atoms with Crippen molar-refractivity contribution in [3.05, 3.63) is 0 Å². The Kier molecular flexibility index (Phi) is 9.46. The maximum absolute atomic E-state index is 13.0. The fourth-order valence-corrected chi connectivity index (χ4v) is 5.56. The minimum atomic E-state index is -1.33. The molecule has 5 N–H and O–H groups in total. The minimum Gasteiger partial charge on any atom is -0.388 e. The van der Waals surface area contributed by atoms with Crippen molar-refractivity contribution in [2.24, 2.45) is 11.8 Å². The van der Waals surface area contributed by atoms with Gasteiger partial charge in [0.2, 0.25) is 5.91 Å². The predicted octanol–water partition coefficient (Wildman–Crippen LogP) is 1.63. The summed E-state index contributed by atoms with van der Waals surface area (Å²) in [6.45, 7) is 12.9. The van der Waals surface area contributed by atoms with Crippen LogP contribution in [0.2, 0.25) is 0 Å². The van der Waals surface area contributed by atoms with Crippen LogP contribution >= 0.6 is 11.8 Å². The third kappa shape index (κ3) is 6.81. The maximum atomic E-state index is 13.0. The lowest BCUT2D eigenvalue weighted by Gasteiger charge is -2.46. The molecule has 2 aliphatic rings. The predicted molar refractivity (Wildman–Crippen MR) is 120 cm³/mol. The Labute approximate surface area is 185 Å². The van der Waals surface area contributed by atoms with E-state index in [4.69, 9.17) is 4.74 Å². The molecule has 1 amide bonds. The second kappa shape index (κ2) is 11.0. The van der Waals surface area contributed by atoms with Gasteiger partial charge < -0.3 is 30.7 Å². The molecule has 30 heavy (non-hydrogen) atoms. The summed E-state index contributed by atoms with van der Waals surface area (Å²) in [4.78, 5) is 13.0. The van der Waals surface area contributed by atoms with Crippen molar-refractivity contribution < 1.29 is 24.9 Å². The minimum absolute atomic E-state index is 0.0219. The van der Waals surface area contributed by atoms with E-state index in [1.807, 2.05) is 34.6 Å². The first kappa shape index (κ1) is 25.9. The van der Waals surface area contributed by atoms with Crippen molar-refractivity contribution >= 4 is 17.7 Å². The first-order valence-electron chi connectivity index (χ1n) is 11.4. The second-order valence-corrected chi connectivity index (χ2v) is 12.1. The molecule has 0 saturated carbocycles. The van der Waals surface area contributed by atoms with Gasteiger partial charge in [-0.05, 0) is 31.2 Å². The number of hydrogen-bond acceptors (Lipinski definition) is 7. The molecule has 8 heteroatoms. The quantitative estimate of drug-likeness (QED) is 0.404. The van der Waals surface area contributed by atoms with Crippen LogP contribution in [-0.2, 0) is 9.53 Å². The number of piperidine rings is 1. The fourth-order valence-electron chi connectivity index (χ4n) is 4.38. The number of hydrogen-bond donors (Lipinski definition) is 5. The van der Waals surface area contributed by atoms with Crippen LogP contribution in [0.3, 0.4) is 0 Å². The molecule has 0 spiro atoms. The zero-order valence-electron chi connectivity index (χ0n) is 19.3. The molecular weight excluding hydrogens is 404 g/mol. The van der Waals surface area contributed by atoms with Gasteiger partial charge in [-0.3, -0.25) is 4.79 Å². The summed E-state index contributed by atoms with van der Waals surface area (Å²) in [5.74, 6) is 0.433. The third-order valence-corrected chi connectivity index (χ3v) is 7.31. The van der Waals surface area contributed by atoms with E-state index >= 15 is 0 Å². The zero-order chi connectivity index (χ0) is 22.6. The molecule has 2 rings (SSSR count). The van der Waals surface area contributed by atoms with Crippen LogP contribution in [0, 0.1) is 11.8 Å². The highest BCUT2D eigenvalue weighted by molar-refractivity contribution is 8.01. The van der Waals surface area contributed by atoms with E-state index in [9.17, 15) is 20.1 Å². The van der Waals surface area contributed by atoms with Crippen molar-refractivity contribution in [1.82, 2.24) is 10.6 Å². The van der Waals surface area contributed by atoms with E-state index in [2.05, 4.69) is 17.6 Å². The van der Waals surface area contributed by atoms with E-state index < -0.39 is 35.9 Å². The number of ether oxygens (including phenoxy) is 1. The molecule has 8 atom stereocenters. The monoisotopic (exact) mass is 446 g/mol. The van der Waals surface area contributed by atoms with Gasteiger partial charge in [-0.15, -0.1) is 11.8 Å². The van der Waals surface area contributed by atoms with Crippen molar-refractivity contribution in [3.63, 3.8) is 0 Å². The van der Waals surface area contributed by atoms with Crippen LogP contribution in [-0.4, -0.2) is 74.5 Å². The molecular formula is C22H42N2O5S. The number of rotatable bonds is 7. The Bertz CT molecular complexity index is 554. The smallest absolute Gasteiger partial charge is 0.237 e. The number of thioether (sulfide) groups is 1. The lowest BCUT2D eigenvalue weighted by atomic mass is 9.86. The van der Waals surface area contributed by atoms with Gasteiger partial charge in [0.05, 0.1) is 12.1 Å². The van der Waals surface area contributed by atoms with Crippen molar-refractivity contribution in [1.29, 1.82) is 0 Å². The lowest BCUT2D eigenvalue weighted by molar-refractivity contribution is -0.208. The molecule has 176 valence electrons. The summed E-state index contributed by atoms with van der Waals surface area (Å²) in [5, 5.41) is 38.0. The van der Waals surface area contributed by atoms with Crippen LogP contribution in [0.25, 0.3) is 0 Å². The number of aliphatic hydroxyl groups is 3. The number of carbonyl (C=O) groups is 1. The highest BCUT2D eigenvalue weighted by Crippen LogP contribution is 2.37. The molecule has 2 heterocycles. The first-order chi connectivity index (χ1) is 13.9. The van der Waals surface area contributed by atoms with E-state index in [-0.39, 0.29) is 22.6 Å². The summed E-state index contributed by atoms with van der Waals surface area (Å²) in [6.07, 6.45) is -0.475. The molecule has 0 aromatic carbocycles. The Balaban J connectivity index is 2.12. The number of nitrogens with one attached hydrogen (secondary N) is 2. The molecule has 2 fully saturated rings. The van der Waals surface area contributed by atoms with Crippen LogP contribution in [0.4, 0.5) is 0 Å². The van der Waals surface area contributed by atoms with Crippen LogP contribution < -0.4 is 10.6 Å². The SMILES string of the molecule is CCCC1CCNC(C(=O)NC(C(C)C)C2OC(SC(C)(C)C)C(O)C(O)C2O)C1. The number of aliphatic hydroxyl groups excluding tert-OH is 3. The second-order valence-electron chi connectivity index (χ2n) is 10.1. The maximum Gasteiger partial charge on any atom is 0.237 e. The Morgan fingerprint density at radius 1 is 1.20 bits per heavy atom. The average molecular weight is 447 g/mol. The molecule has 0 radical (unpaired) electrons. The molecule has 8 unspecified atom stereocenters. The van der Waals surface area contributed by atoms with E-state index in [0.29, 0.717) is 5.92 Å². The molecule has 0 bridgehead atoms. The van der Waals surface area contributed by atoms with E-state index in [0.717, 1.165) is 32.2 Å². The normalized spacial score (nSPS) is 36.5. The van der Waals surface area contributed by atoms with E-state index in [1.165, 1.54) is 11.8 Å². The van der Waals surface area contributed by atoms with Crippen molar-refractivity contribution in [2.75, 3.05) is 6.54 Å². The van der Waals surface area contributed by atoms with Crippen molar-refractivity contribution in [2.45, 2.75) is 114 Å². The molecule has 0 aliphatic carbocycles. The van der Waals surface area contributed by atoms with Crippen molar-refractivity contribution in [3.8, 4) is 0 Å². The molecule has 2 saturated heterocycles. The molecule has 7 nitrogen and oxygen atoms in total. The molecule has 0 aromatic rings. The summed E-state index contributed by atoms with van der Waals surface area (Å²) in [6, 6.07) is -0.737. The number of carbonyl (C=O) groups excluding carboxylic acids is 1. The summed E-state index contributed by atoms with van der Waals surface area (Å²) < 4.78 is 5.90. The van der Waals surface area contributed by atoms with Gasteiger partial charge in [-0.1, -0.05) is 54.4 Å². The topological polar surface area (TPSA) is 111 Å². The Morgan fingerprint density at radius 2 is 1.87 bits per heavy atom. The highest BCUT2D eigenvalue weighted by atomic mass is 32.2. The Morgan fingerprint density at radius 3 is 2.43 bits per heavy atom. The van der Waals surface area contributed by atoms with Gasteiger partial charge in [-0.2, -0.15) is 0 Å². The largest absolute Gasteiger partial charge is 0.388 e. The lowest BCUT2D eigenvalue weighted by Crippen LogP contribution is -2.65. The summed E-state index contributed by atoms with van der Waals surface area (Å²) in [5.41, 5.74) is -0.687. The van der Waals surface area contributed by atoms with E-state index in [1.54, 1.807) is 0 Å². The number of amides is 1.